The van der Waals surface area contributed by atoms with Crippen LogP contribution in [0.5, 0.6) is 0 Å². The standard InChI is InChI=1S/C36H40N4/c1-23-14-27(5)35(28(6)15-23)38-13-12-37(21-38)31-10-9-11-32(20-31)39-22-40(34-19-26(4)25(3)18-33(34)39)36-29(7)16-24(2)17-30(36)8/h9-20H,21-22H2,1-8H3. The molecule has 4 heteroatoms. The first-order chi connectivity index (χ1) is 19.1. The van der Waals surface area contributed by atoms with Crippen molar-refractivity contribution in [3.8, 4) is 0 Å². The molecule has 204 valence electrons. The second kappa shape index (κ2) is 9.78. The Labute approximate surface area is 239 Å². The lowest BCUT2D eigenvalue weighted by Crippen LogP contribution is -2.27. The normalized spacial score (nSPS) is 14.5. The molecule has 0 aromatic heterocycles. The van der Waals surface area contributed by atoms with Gasteiger partial charge in [0.05, 0.1) is 18.0 Å². The Morgan fingerprint density at radius 3 is 1.55 bits per heavy atom. The highest BCUT2D eigenvalue weighted by Crippen LogP contribution is 2.47. The SMILES string of the molecule is Cc1cc(C)c(N2C=CN(c3cccc(N4CN(c5c(C)cc(C)cc5C)c5cc(C)c(C)cc54)c3)C2)c(C)c1. The van der Waals surface area contributed by atoms with Crippen LogP contribution in [-0.2, 0) is 0 Å². The van der Waals surface area contributed by atoms with Gasteiger partial charge in [-0.2, -0.15) is 0 Å². The zero-order valence-electron chi connectivity index (χ0n) is 25.1. The maximum atomic E-state index is 2.50. The van der Waals surface area contributed by atoms with Crippen LogP contribution in [0.25, 0.3) is 0 Å². The van der Waals surface area contributed by atoms with Gasteiger partial charge in [0.25, 0.3) is 0 Å². The highest BCUT2D eigenvalue weighted by molar-refractivity contribution is 5.90. The van der Waals surface area contributed by atoms with Crippen LogP contribution in [0.1, 0.15) is 44.5 Å². The van der Waals surface area contributed by atoms with Gasteiger partial charge in [-0.3, -0.25) is 0 Å². The van der Waals surface area contributed by atoms with E-state index in [1.165, 1.54) is 78.6 Å². The molecule has 4 aromatic carbocycles. The van der Waals surface area contributed by atoms with E-state index in [0.717, 1.165) is 13.3 Å². The Kier molecular flexibility index (Phi) is 6.37. The molecule has 2 aliphatic heterocycles. The number of aryl methyl sites for hydroxylation is 8. The Morgan fingerprint density at radius 1 is 0.450 bits per heavy atom. The lowest BCUT2D eigenvalue weighted by molar-refractivity contribution is 0.958. The Hall–Kier alpha value is -4.18. The van der Waals surface area contributed by atoms with Gasteiger partial charge in [-0.25, -0.2) is 0 Å². The molecule has 40 heavy (non-hydrogen) atoms. The number of hydrogen-bond donors (Lipinski definition) is 0. The first-order valence-corrected chi connectivity index (χ1v) is 14.2. The van der Waals surface area contributed by atoms with Crippen LogP contribution < -0.4 is 19.6 Å². The third-order valence-electron chi connectivity index (χ3n) is 8.49. The van der Waals surface area contributed by atoms with E-state index in [2.05, 4.69) is 148 Å². The van der Waals surface area contributed by atoms with Crippen LogP contribution in [0.2, 0.25) is 0 Å². The average Bonchev–Trinajstić information content (AvgIpc) is 3.49. The minimum absolute atomic E-state index is 0.788. The lowest BCUT2D eigenvalue weighted by Gasteiger charge is -2.27. The molecule has 0 unspecified atom stereocenters. The molecule has 6 rings (SSSR count). The molecule has 0 saturated heterocycles. The van der Waals surface area contributed by atoms with Gasteiger partial charge in [-0.15, -0.1) is 0 Å². The van der Waals surface area contributed by atoms with Crippen LogP contribution in [-0.4, -0.2) is 13.3 Å². The second-order valence-electron chi connectivity index (χ2n) is 11.8. The summed E-state index contributed by atoms with van der Waals surface area (Å²) in [5, 5.41) is 0. The fourth-order valence-corrected chi connectivity index (χ4v) is 6.72. The summed E-state index contributed by atoms with van der Waals surface area (Å²) in [6.45, 7) is 19.3. The van der Waals surface area contributed by atoms with Crippen LogP contribution in [0.15, 0.2) is 73.1 Å². The zero-order valence-corrected chi connectivity index (χ0v) is 25.1. The average molecular weight is 529 g/mol. The van der Waals surface area contributed by atoms with Gasteiger partial charge in [-0.05, 0) is 119 Å². The van der Waals surface area contributed by atoms with Gasteiger partial charge in [-0.1, -0.05) is 41.5 Å². The maximum absolute atomic E-state index is 2.50. The first-order valence-electron chi connectivity index (χ1n) is 14.2. The van der Waals surface area contributed by atoms with E-state index in [-0.39, 0.29) is 0 Å². The van der Waals surface area contributed by atoms with E-state index in [4.69, 9.17) is 0 Å². The molecule has 4 aromatic rings. The molecule has 0 radical (unpaired) electrons. The van der Waals surface area contributed by atoms with Crippen molar-refractivity contribution in [1.82, 2.24) is 0 Å². The highest BCUT2D eigenvalue weighted by Gasteiger charge is 2.31. The number of benzene rings is 4. The smallest absolute Gasteiger partial charge is 0.100 e. The van der Waals surface area contributed by atoms with Crippen LogP contribution >= 0.6 is 0 Å². The summed E-state index contributed by atoms with van der Waals surface area (Å²) in [4.78, 5) is 9.67. The Morgan fingerprint density at radius 2 is 0.950 bits per heavy atom. The van der Waals surface area contributed by atoms with Gasteiger partial charge in [0, 0.05) is 35.1 Å². The molecule has 0 saturated carbocycles. The van der Waals surface area contributed by atoms with Gasteiger partial charge in [0.2, 0.25) is 0 Å². The minimum Gasteiger partial charge on any atom is -0.328 e. The summed E-state index contributed by atoms with van der Waals surface area (Å²) in [6.07, 6.45) is 4.41. The number of anilines is 6. The molecule has 0 aliphatic carbocycles. The Balaban J connectivity index is 1.34. The molecule has 0 fully saturated rings. The molecule has 2 heterocycles. The van der Waals surface area contributed by atoms with E-state index in [1.54, 1.807) is 0 Å². The van der Waals surface area contributed by atoms with Crippen molar-refractivity contribution in [1.29, 1.82) is 0 Å². The minimum atomic E-state index is 0.788. The molecular formula is C36H40N4. The van der Waals surface area contributed by atoms with Crippen LogP contribution in [0.4, 0.5) is 34.1 Å². The number of nitrogens with zero attached hydrogens (tertiary/aromatic N) is 4. The van der Waals surface area contributed by atoms with E-state index in [9.17, 15) is 0 Å². The van der Waals surface area contributed by atoms with Crippen LogP contribution in [0.3, 0.4) is 0 Å². The molecule has 0 bridgehead atoms. The largest absolute Gasteiger partial charge is 0.328 e. The summed E-state index contributed by atoms with van der Waals surface area (Å²) in [5.74, 6) is 0. The molecule has 4 nitrogen and oxygen atoms in total. The predicted octanol–water partition coefficient (Wildman–Crippen LogP) is 9.16. The third-order valence-corrected chi connectivity index (χ3v) is 8.49. The summed E-state index contributed by atoms with van der Waals surface area (Å²) in [6, 6.07) is 22.9. The monoisotopic (exact) mass is 528 g/mol. The summed E-state index contributed by atoms with van der Waals surface area (Å²) < 4.78 is 0. The van der Waals surface area contributed by atoms with Gasteiger partial charge in [0.1, 0.15) is 6.67 Å². The predicted molar refractivity (Wildman–Crippen MR) is 172 cm³/mol. The van der Waals surface area contributed by atoms with Crippen molar-refractivity contribution in [3.05, 3.63) is 118 Å². The van der Waals surface area contributed by atoms with E-state index in [1.807, 2.05) is 0 Å². The van der Waals surface area contributed by atoms with Gasteiger partial charge < -0.3 is 19.6 Å². The highest BCUT2D eigenvalue weighted by atomic mass is 15.4. The second-order valence-corrected chi connectivity index (χ2v) is 11.8. The molecule has 0 N–H and O–H groups in total. The fraction of sp³-hybridized carbons (Fsp3) is 0.278. The van der Waals surface area contributed by atoms with Crippen molar-refractivity contribution in [3.63, 3.8) is 0 Å². The van der Waals surface area contributed by atoms with E-state index < -0.39 is 0 Å². The van der Waals surface area contributed by atoms with Crippen molar-refractivity contribution < 1.29 is 0 Å². The summed E-state index contributed by atoms with van der Waals surface area (Å²) >= 11 is 0. The van der Waals surface area contributed by atoms with Crippen molar-refractivity contribution >= 4 is 34.1 Å². The molecular weight excluding hydrogens is 488 g/mol. The van der Waals surface area contributed by atoms with Gasteiger partial charge >= 0.3 is 0 Å². The number of hydrogen-bond acceptors (Lipinski definition) is 4. The van der Waals surface area contributed by atoms with Gasteiger partial charge in [0.15, 0.2) is 0 Å². The summed E-state index contributed by atoms with van der Waals surface area (Å²) in [5.41, 5.74) is 18.1. The molecule has 2 aliphatic rings. The van der Waals surface area contributed by atoms with Crippen molar-refractivity contribution in [2.75, 3.05) is 32.9 Å². The van der Waals surface area contributed by atoms with E-state index in [0.29, 0.717) is 0 Å². The topological polar surface area (TPSA) is 13.0 Å². The molecule has 0 spiro atoms. The van der Waals surface area contributed by atoms with E-state index >= 15 is 0 Å². The third kappa shape index (κ3) is 4.42. The zero-order chi connectivity index (χ0) is 28.3. The lowest BCUT2D eigenvalue weighted by atomic mass is 10.0. The number of rotatable bonds is 4. The van der Waals surface area contributed by atoms with Crippen LogP contribution in [0, 0.1) is 55.4 Å². The number of fused-ring (bicyclic) bond motifs is 1. The molecule has 0 atom stereocenters. The molecule has 0 amide bonds. The first kappa shape index (κ1) is 26.1. The quantitative estimate of drug-likeness (QED) is 0.262. The fourth-order valence-electron chi connectivity index (χ4n) is 6.72. The maximum Gasteiger partial charge on any atom is 0.100 e. The van der Waals surface area contributed by atoms with Crippen molar-refractivity contribution in [2.45, 2.75) is 55.4 Å². The Bertz CT molecular complexity index is 1620. The summed E-state index contributed by atoms with van der Waals surface area (Å²) in [7, 11) is 0. The van der Waals surface area contributed by atoms with Crippen molar-refractivity contribution in [2.24, 2.45) is 0 Å².